The summed E-state index contributed by atoms with van der Waals surface area (Å²) in [7, 11) is 0. The highest BCUT2D eigenvalue weighted by atomic mass is 32.2. The zero-order valence-corrected chi connectivity index (χ0v) is 12.7. The molecule has 20 heavy (non-hydrogen) atoms. The monoisotopic (exact) mass is 292 g/mol. The fraction of sp³-hybridized carbons (Fsp3) is 0.467. The lowest BCUT2D eigenvalue weighted by atomic mass is 10.1. The largest absolute Gasteiger partial charge is 0.393 e. The van der Waals surface area contributed by atoms with Gasteiger partial charge in [0.05, 0.1) is 18.3 Å². The summed E-state index contributed by atoms with van der Waals surface area (Å²) in [6.45, 7) is 4.13. The summed E-state index contributed by atoms with van der Waals surface area (Å²) in [6.07, 6.45) is 1.76. The van der Waals surface area contributed by atoms with E-state index in [4.69, 9.17) is 4.52 Å². The number of nitrogens with zero attached hydrogens (tertiary/aromatic N) is 2. The van der Waals surface area contributed by atoms with Crippen molar-refractivity contribution in [1.82, 2.24) is 10.1 Å². The summed E-state index contributed by atoms with van der Waals surface area (Å²) in [5.74, 6) is 1.88. The summed E-state index contributed by atoms with van der Waals surface area (Å²) >= 11 is 1.70. The maximum absolute atomic E-state index is 9.72. The number of benzene rings is 1. The molecule has 0 saturated heterocycles. The molecule has 1 aromatic carbocycles. The van der Waals surface area contributed by atoms with Crippen LogP contribution in [0, 0.1) is 6.92 Å². The quantitative estimate of drug-likeness (QED) is 0.793. The Labute approximate surface area is 123 Å². The molecule has 2 rings (SSSR count). The lowest BCUT2D eigenvalue weighted by molar-refractivity contribution is 0.151. The molecule has 4 nitrogen and oxygen atoms in total. The first-order valence-electron chi connectivity index (χ1n) is 6.87. The molecule has 2 aromatic rings. The van der Waals surface area contributed by atoms with Crippen molar-refractivity contribution in [2.75, 3.05) is 0 Å². The standard InChI is InChI=1S/C15H20N2O2S/c1-3-6-12(18)9-15-16-14(17-19-15)10-20-13-8-5-4-7-11(13)2/h4-5,7-8,12,18H,3,6,9-10H2,1-2H3. The van der Waals surface area contributed by atoms with Crippen molar-refractivity contribution in [1.29, 1.82) is 0 Å². The third-order valence-corrected chi connectivity index (χ3v) is 4.16. The molecular formula is C15H20N2O2S. The Morgan fingerprint density at radius 3 is 2.90 bits per heavy atom. The molecule has 1 aromatic heterocycles. The van der Waals surface area contributed by atoms with Crippen molar-refractivity contribution in [2.24, 2.45) is 0 Å². The van der Waals surface area contributed by atoms with Crippen molar-refractivity contribution < 1.29 is 9.63 Å². The van der Waals surface area contributed by atoms with Gasteiger partial charge in [0.2, 0.25) is 5.89 Å². The third-order valence-electron chi connectivity index (χ3n) is 2.99. The average molecular weight is 292 g/mol. The van der Waals surface area contributed by atoms with Gasteiger partial charge in [-0.1, -0.05) is 36.7 Å². The van der Waals surface area contributed by atoms with E-state index in [1.165, 1.54) is 10.5 Å². The van der Waals surface area contributed by atoms with Gasteiger partial charge < -0.3 is 9.63 Å². The molecule has 0 amide bonds. The Morgan fingerprint density at radius 1 is 1.35 bits per heavy atom. The number of aryl methyl sites for hydroxylation is 1. The predicted molar refractivity (Wildman–Crippen MR) is 79.7 cm³/mol. The van der Waals surface area contributed by atoms with Crippen molar-refractivity contribution in [3.63, 3.8) is 0 Å². The summed E-state index contributed by atoms with van der Waals surface area (Å²) in [5, 5.41) is 13.7. The Hall–Kier alpha value is -1.33. The zero-order chi connectivity index (χ0) is 14.4. The molecule has 0 aliphatic carbocycles. The average Bonchev–Trinajstić information content (AvgIpc) is 2.85. The van der Waals surface area contributed by atoms with E-state index in [-0.39, 0.29) is 0 Å². The normalized spacial score (nSPS) is 12.6. The lowest BCUT2D eigenvalue weighted by Gasteiger charge is -2.04. The van der Waals surface area contributed by atoms with Crippen molar-refractivity contribution in [2.45, 2.75) is 49.9 Å². The first-order chi connectivity index (χ1) is 9.69. The lowest BCUT2D eigenvalue weighted by Crippen LogP contribution is -2.09. The van der Waals surface area contributed by atoms with Crippen LogP contribution >= 0.6 is 11.8 Å². The smallest absolute Gasteiger partial charge is 0.229 e. The topological polar surface area (TPSA) is 59.2 Å². The van der Waals surface area contributed by atoms with E-state index in [1.807, 2.05) is 19.1 Å². The maximum Gasteiger partial charge on any atom is 0.229 e. The third kappa shape index (κ3) is 4.35. The minimum absolute atomic E-state index is 0.391. The molecule has 0 aliphatic heterocycles. The van der Waals surface area contributed by atoms with E-state index in [0.717, 1.165) is 12.8 Å². The summed E-state index contributed by atoms with van der Waals surface area (Å²) in [6, 6.07) is 8.23. The number of aliphatic hydroxyl groups is 1. The fourth-order valence-corrected chi connectivity index (χ4v) is 2.80. The molecule has 0 saturated carbocycles. The molecule has 108 valence electrons. The highest BCUT2D eigenvalue weighted by molar-refractivity contribution is 7.98. The summed E-state index contributed by atoms with van der Waals surface area (Å²) in [4.78, 5) is 5.55. The number of hydrogen-bond acceptors (Lipinski definition) is 5. The van der Waals surface area contributed by atoms with Crippen LogP contribution in [-0.2, 0) is 12.2 Å². The molecule has 0 aliphatic rings. The molecule has 0 spiro atoms. The van der Waals surface area contributed by atoms with Crippen LogP contribution in [0.1, 0.15) is 37.0 Å². The van der Waals surface area contributed by atoms with Crippen LogP contribution in [0.2, 0.25) is 0 Å². The molecule has 1 heterocycles. The Balaban J connectivity index is 1.88. The van der Waals surface area contributed by atoms with Gasteiger partial charge in [0.15, 0.2) is 5.82 Å². The molecule has 1 atom stereocenters. The van der Waals surface area contributed by atoms with Crippen LogP contribution in [-0.4, -0.2) is 21.4 Å². The molecule has 0 radical (unpaired) electrons. The Bertz CT molecular complexity index is 542. The molecule has 1 N–H and O–H groups in total. The van der Waals surface area contributed by atoms with E-state index >= 15 is 0 Å². The van der Waals surface area contributed by atoms with E-state index < -0.39 is 6.10 Å². The van der Waals surface area contributed by atoms with Gasteiger partial charge in [-0.05, 0) is 25.0 Å². The summed E-state index contributed by atoms with van der Waals surface area (Å²) < 4.78 is 5.17. The molecule has 0 bridgehead atoms. The van der Waals surface area contributed by atoms with Gasteiger partial charge >= 0.3 is 0 Å². The Morgan fingerprint density at radius 2 is 2.15 bits per heavy atom. The second kappa shape index (κ2) is 7.45. The Kier molecular flexibility index (Phi) is 5.61. The van der Waals surface area contributed by atoms with Crippen molar-refractivity contribution >= 4 is 11.8 Å². The van der Waals surface area contributed by atoms with Crippen LogP contribution in [0.3, 0.4) is 0 Å². The van der Waals surface area contributed by atoms with Gasteiger partial charge in [-0.3, -0.25) is 0 Å². The second-order valence-electron chi connectivity index (χ2n) is 4.81. The minimum Gasteiger partial charge on any atom is -0.393 e. The van der Waals surface area contributed by atoms with Crippen LogP contribution in [0.5, 0.6) is 0 Å². The van der Waals surface area contributed by atoms with E-state index in [9.17, 15) is 5.11 Å². The van der Waals surface area contributed by atoms with E-state index in [0.29, 0.717) is 23.9 Å². The first-order valence-corrected chi connectivity index (χ1v) is 7.85. The number of aliphatic hydroxyl groups excluding tert-OH is 1. The number of rotatable bonds is 7. The minimum atomic E-state index is -0.391. The van der Waals surface area contributed by atoms with Crippen molar-refractivity contribution in [3.8, 4) is 0 Å². The number of aromatic nitrogens is 2. The van der Waals surface area contributed by atoms with Gasteiger partial charge in [0, 0.05) is 4.90 Å². The SMILES string of the molecule is CCCC(O)Cc1nc(CSc2ccccc2C)no1. The van der Waals surface area contributed by atoms with Gasteiger partial charge in [0.1, 0.15) is 0 Å². The van der Waals surface area contributed by atoms with Gasteiger partial charge in [0.25, 0.3) is 0 Å². The highest BCUT2D eigenvalue weighted by Crippen LogP contribution is 2.24. The molecule has 1 unspecified atom stereocenters. The number of hydrogen-bond donors (Lipinski definition) is 1. The fourth-order valence-electron chi connectivity index (χ4n) is 1.93. The zero-order valence-electron chi connectivity index (χ0n) is 11.9. The summed E-state index contributed by atoms with van der Waals surface area (Å²) in [5.41, 5.74) is 1.25. The van der Waals surface area contributed by atoms with Crippen LogP contribution in [0.4, 0.5) is 0 Å². The molecular weight excluding hydrogens is 272 g/mol. The van der Waals surface area contributed by atoms with Crippen LogP contribution in [0.15, 0.2) is 33.7 Å². The van der Waals surface area contributed by atoms with Crippen molar-refractivity contribution in [3.05, 3.63) is 41.5 Å². The van der Waals surface area contributed by atoms with Gasteiger partial charge in [-0.15, -0.1) is 11.8 Å². The maximum atomic E-state index is 9.72. The van der Waals surface area contributed by atoms with Gasteiger partial charge in [-0.25, -0.2) is 0 Å². The van der Waals surface area contributed by atoms with Crippen LogP contribution in [0.25, 0.3) is 0 Å². The van der Waals surface area contributed by atoms with E-state index in [1.54, 1.807) is 11.8 Å². The highest BCUT2D eigenvalue weighted by Gasteiger charge is 2.12. The van der Waals surface area contributed by atoms with Gasteiger partial charge in [-0.2, -0.15) is 4.98 Å². The first kappa shape index (κ1) is 15.1. The molecule has 5 heteroatoms. The van der Waals surface area contributed by atoms with Crippen LogP contribution < -0.4 is 0 Å². The predicted octanol–water partition coefficient (Wildman–Crippen LogP) is 3.37. The second-order valence-corrected chi connectivity index (χ2v) is 5.82. The molecule has 0 fully saturated rings. The van der Waals surface area contributed by atoms with E-state index in [2.05, 4.69) is 29.2 Å². The number of thioether (sulfide) groups is 1.